The van der Waals surface area contributed by atoms with Crippen LogP contribution in [0.5, 0.6) is 0 Å². The lowest BCUT2D eigenvalue weighted by Crippen LogP contribution is -2.41. The van der Waals surface area contributed by atoms with Crippen molar-refractivity contribution in [3.05, 3.63) is 29.8 Å². The third kappa shape index (κ3) is 2.85. The number of piperidine rings is 1. The highest BCUT2D eigenvalue weighted by Gasteiger charge is 2.35. The van der Waals surface area contributed by atoms with E-state index in [1.807, 2.05) is 7.05 Å². The molecular weight excluding hydrogens is 244 g/mol. The van der Waals surface area contributed by atoms with Crippen molar-refractivity contribution in [1.29, 1.82) is 0 Å². The number of para-hydroxylation sites is 1. The second-order valence-electron chi connectivity index (χ2n) is 6.71. The summed E-state index contributed by atoms with van der Waals surface area (Å²) in [4.78, 5) is 2.62. The Morgan fingerprint density at radius 3 is 2.40 bits per heavy atom. The lowest BCUT2D eigenvalue weighted by Gasteiger charge is -2.45. The van der Waals surface area contributed by atoms with E-state index in [0.29, 0.717) is 5.41 Å². The molecule has 0 atom stereocenters. The Bertz CT molecular complexity index is 425. The Kier molecular flexibility index (Phi) is 4.30. The fourth-order valence-corrected chi connectivity index (χ4v) is 4.18. The van der Waals surface area contributed by atoms with Gasteiger partial charge in [-0.2, -0.15) is 0 Å². The van der Waals surface area contributed by atoms with Crippen LogP contribution in [0.2, 0.25) is 0 Å². The third-order valence-electron chi connectivity index (χ3n) is 5.44. The van der Waals surface area contributed by atoms with Crippen LogP contribution in [0, 0.1) is 5.41 Å². The zero-order valence-corrected chi connectivity index (χ0v) is 12.8. The van der Waals surface area contributed by atoms with Gasteiger partial charge in [0.1, 0.15) is 0 Å². The second-order valence-corrected chi connectivity index (χ2v) is 6.71. The van der Waals surface area contributed by atoms with Crippen LogP contribution in [0.15, 0.2) is 24.3 Å². The topological polar surface area (TPSA) is 15.3 Å². The first-order chi connectivity index (χ1) is 9.83. The molecule has 1 N–H and O–H groups in total. The first-order valence-corrected chi connectivity index (χ1v) is 8.30. The Morgan fingerprint density at radius 1 is 1.00 bits per heavy atom. The molecule has 2 aliphatic rings. The van der Waals surface area contributed by atoms with Gasteiger partial charge in [-0.3, -0.25) is 0 Å². The molecule has 2 fully saturated rings. The molecule has 2 heteroatoms. The van der Waals surface area contributed by atoms with Gasteiger partial charge >= 0.3 is 0 Å². The molecule has 0 bridgehead atoms. The maximum atomic E-state index is 3.29. The predicted molar refractivity (Wildman–Crippen MR) is 86.2 cm³/mol. The molecular formula is C18H28N2. The molecule has 0 amide bonds. The molecule has 0 radical (unpaired) electrons. The Morgan fingerprint density at radius 2 is 1.70 bits per heavy atom. The van der Waals surface area contributed by atoms with Gasteiger partial charge in [0, 0.05) is 25.3 Å². The first-order valence-electron chi connectivity index (χ1n) is 8.30. The molecule has 20 heavy (non-hydrogen) atoms. The van der Waals surface area contributed by atoms with E-state index >= 15 is 0 Å². The largest absolute Gasteiger partial charge is 0.371 e. The maximum absolute atomic E-state index is 3.29. The highest BCUT2D eigenvalue weighted by Crippen LogP contribution is 2.45. The van der Waals surface area contributed by atoms with E-state index in [1.165, 1.54) is 69.3 Å². The summed E-state index contributed by atoms with van der Waals surface area (Å²) in [6.45, 7) is 3.47. The minimum atomic E-state index is 0.701. The van der Waals surface area contributed by atoms with Gasteiger partial charge in [0.15, 0.2) is 0 Å². The summed E-state index contributed by atoms with van der Waals surface area (Å²) in [7, 11) is 2.03. The number of rotatable bonds is 3. The van der Waals surface area contributed by atoms with Gasteiger partial charge < -0.3 is 10.2 Å². The van der Waals surface area contributed by atoms with Crippen molar-refractivity contribution in [3.8, 4) is 0 Å². The third-order valence-corrected chi connectivity index (χ3v) is 5.44. The zero-order chi connectivity index (χ0) is 13.8. The predicted octanol–water partition coefficient (Wildman–Crippen LogP) is 3.96. The summed E-state index contributed by atoms with van der Waals surface area (Å²) >= 11 is 0. The minimum Gasteiger partial charge on any atom is -0.371 e. The summed E-state index contributed by atoms with van der Waals surface area (Å²) in [5.74, 6) is 0. The van der Waals surface area contributed by atoms with E-state index in [-0.39, 0.29) is 0 Å². The standard InChI is InChI=1S/C18H28N2/c1-19-15-16-7-3-4-8-17(16)20-13-11-18(12-14-20)9-5-2-6-10-18/h3-4,7-8,19H,2,5-6,9-15H2,1H3. The summed E-state index contributed by atoms with van der Waals surface area (Å²) in [6.07, 6.45) is 10.2. The van der Waals surface area contributed by atoms with Gasteiger partial charge in [-0.15, -0.1) is 0 Å². The van der Waals surface area contributed by atoms with Crippen LogP contribution < -0.4 is 10.2 Å². The number of nitrogens with one attached hydrogen (secondary N) is 1. The van der Waals surface area contributed by atoms with Crippen LogP contribution >= 0.6 is 0 Å². The number of anilines is 1. The van der Waals surface area contributed by atoms with Gasteiger partial charge in [0.2, 0.25) is 0 Å². The normalized spacial score (nSPS) is 22.1. The van der Waals surface area contributed by atoms with Crippen molar-refractivity contribution < 1.29 is 0 Å². The van der Waals surface area contributed by atoms with Crippen molar-refractivity contribution >= 4 is 5.69 Å². The number of hydrogen-bond acceptors (Lipinski definition) is 2. The molecule has 1 aliphatic carbocycles. The van der Waals surface area contributed by atoms with E-state index in [0.717, 1.165) is 6.54 Å². The first kappa shape index (κ1) is 13.9. The fourth-order valence-electron chi connectivity index (χ4n) is 4.18. The molecule has 1 aromatic rings. The number of nitrogens with zero attached hydrogens (tertiary/aromatic N) is 1. The summed E-state index contributed by atoms with van der Waals surface area (Å²) in [6, 6.07) is 8.89. The van der Waals surface area contributed by atoms with Crippen molar-refractivity contribution in [1.82, 2.24) is 5.32 Å². The fraction of sp³-hybridized carbons (Fsp3) is 0.667. The summed E-state index contributed by atoms with van der Waals surface area (Å²) in [5, 5.41) is 3.29. The van der Waals surface area contributed by atoms with Crippen LogP contribution in [-0.4, -0.2) is 20.1 Å². The maximum Gasteiger partial charge on any atom is 0.0411 e. The average molecular weight is 272 g/mol. The lowest BCUT2D eigenvalue weighted by atomic mass is 9.68. The van der Waals surface area contributed by atoms with Gasteiger partial charge in [0.05, 0.1) is 0 Å². The highest BCUT2D eigenvalue weighted by atomic mass is 15.1. The lowest BCUT2D eigenvalue weighted by molar-refractivity contribution is 0.144. The van der Waals surface area contributed by atoms with E-state index < -0.39 is 0 Å². The molecule has 1 heterocycles. The molecule has 1 aliphatic heterocycles. The summed E-state index contributed by atoms with van der Waals surface area (Å²) < 4.78 is 0. The van der Waals surface area contributed by atoms with Crippen molar-refractivity contribution in [2.45, 2.75) is 51.5 Å². The van der Waals surface area contributed by atoms with E-state index in [4.69, 9.17) is 0 Å². The smallest absolute Gasteiger partial charge is 0.0411 e. The van der Waals surface area contributed by atoms with Crippen molar-refractivity contribution in [3.63, 3.8) is 0 Å². The Labute approximate surface area is 123 Å². The zero-order valence-electron chi connectivity index (χ0n) is 12.8. The quantitative estimate of drug-likeness (QED) is 0.896. The van der Waals surface area contributed by atoms with Crippen LogP contribution in [0.25, 0.3) is 0 Å². The van der Waals surface area contributed by atoms with Crippen LogP contribution in [-0.2, 0) is 6.54 Å². The molecule has 0 unspecified atom stereocenters. The molecule has 1 aromatic carbocycles. The number of benzene rings is 1. The Balaban J connectivity index is 1.68. The van der Waals surface area contributed by atoms with E-state index in [2.05, 4.69) is 34.5 Å². The highest BCUT2D eigenvalue weighted by molar-refractivity contribution is 5.54. The minimum absolute atomic E-state index is 0.701. The molecule has 1 spiro atoms. The SMILES string of the molecule is CNCc1ccccc1N1CCC2(CCCCC2)CC1. The van der Waals surface area contributed by atoms with Crippen LogP contribution in [0.4, 0.5) is 5.69 Å². The van der Waals surface area contributed by atoms with Crippen molar-refractivity contribution in [2.75, 3.05) is 25.0 Å². The molecule has 110 valence electrons. The molecule has 1 saturated carbocycles. The van der Waals surface area contributed by atoms with Gasteiger partial charge in [-0.05, 0) is 49.8 Å². The molecule has 3 rings (SSSR count). The molecule has 1 saturated heterocycles. The van der Waals surface area contributed by atoms with E-state index in [1.54, 1.807) is 0 Å². The Hall–Kier alpha value is -1.02. The van der Waals surface area contributed by atoms with Gasteiger partial charge in [0.25, 0.3) is 0 Å². The van der Waals surface area contributed by atoms with Crippen LogP contribution in [0.1, 0.15) is 50.5 Å². The monoisotopic (exact) mass is 272 g/mol. The van der Waals surface area contributed by atoms with Crippen molar-refractivity contribution in [2.24, 2.45) is 5.41 Å². The summed E-state index contributed by atoms with van der Waals surface area (Å²) in [5.41, 5.74) is 3.59. The van der Waals surface area contributed by atoms with Gasteiger partial charge in [-0.1, -0.05) is 37.5 Å². The molecule has 0 aromatic heterocycles. The van der Waals surface area contributed by atoms with E-state index in [9.17, 15) is 0 Å². The number of hydrogen-bond donors (Lipinski definition) is 1. The van der Waals surface area contributed by atoms with Crippen LogP contribution in [0.3, 0.4) is 0 Å². The average Bonchev–Trinajstić information content (AvgIpc) is 2.50. The molecule has 2 nitrogen and oxygen atoms in total. The second kappa shape index (κ2) is 6.17. The van der Waals surface area contributed by atoms with Gasteiger partial charge in [-0.25, -0.2) is 0 Å².